The molecule has 0 spiro atoms. The van der Waals surface area contributed by atoms with Crippen LogP contribution in [0.3, 0.4) is 0 Å². The molecule has 4 heteroatoms. The fourth-order valence-electron chi connectivity index (χ4n) is 3.19. The number of likely N-dealkylation sites (tertiary alicyclic amines) is 1. The number of amides is 1. The SMILES string of the molecule is CC(=O)SCC1CC(=O)N(C(c2ccccc2)C(C)(C)C)C1. The minimum absolute atomic E-state index is 0.0282. The summed E-state index contributed by atoms with van der Waals surface area (Å²) < 4.78 is 0. The van der Waals surface area contributed by atoms with Crippen molar-refractivity contribution in [3.05, 3.63) is 35.9 Å². The van der Waals surface area contributed by atoms with E-state index in [0.29, 0.717) is 6.42 Å². The Morgan fingerprint density at radius 2 is 1.95 bits per heavy atom. The van der Waals surface area contributed by atoms with Gasteiger partial charge >= 0.3 is 0 Å². The lowest BCUT2D eigenvalue weighted by Crippen LogP contribution is -2.38. The molecule has 0 saturated carbocycles. The molecule has 1 fully saturated rings. The first-order valence-corrected chi connectivity index (χ1v) is 8.75. The molecule has 0 N–H and O–H groups in total. The van der Waals surface area contributed by atoms with Gasteiger partial charge in [-0.05, 0) is 16.9 Å². The van der Waals surface area contributed by atoms with Crippen LogP contribution >= 0.6 is 11.8 Å². The first-order chi connectivity index (χ1) is 10.3. The van der Waals surface area contributed by atoms with E-state index in [1.54, 1.807) is 6.92 Å². The van der Waals surface area contributed by atoms with Crippen LogP contribution in [-0.2, 0) is 9.59 Å². The number of thioether (sulfide) groups is 1. The number of nitrogens with zero attached hydrogens (tertiary/aromatic N) is 1. The van der Waals surface area contributed by atoms with Gasteiger partial charge in [-0.25, -0.2) is 0 Å². The van der Waals surface area contributed by atoms with E-state index in [9.17, 15) is 9.59 Å². The Labute approximate surface area is 137 Å². The van der Waals surface area contributed by atoms with Crippen molar-refractivity contribution >= 4 is 22.8 Å². The van der Waals surface area contributed by atoms with E-state index < -0.39 is 0 Å². The molecule has 3 nitrogen and oxygen atoms in total. The van der Waals surface area contributed by atoms with E-state index in [0.717, 1.165) is 12.3 Å². The average Bonchev–Trinajstić information content (AvgIpc) is 2.77. The highest BCUT2D eigenvalue weighted by Gasteiger charge is 2.40. The normalized spacial score (nSPS) is 20.3. The van der Waals surface area contributed by atoms with Gasteiger partial charge in [0.15, 0.2) is 5.12 Å². The molecular formula is C18H25NO2S. The highest BCUT2D eigenvalue weighted by Crippen LogP contribution is 2.41. The first-order valence-electron chi connectivity index (χ1n) is 7.77. The van der Waals surface area contributed by atoms with E-state index in [1.807, 2.05) is 23.1 Å². The molecule has 2 unspecified atom stereocenters. The molecule has 2 atom stereocenters. The smallest absolute Gasteiger partial charge is 0.223 e. The van der Waals surface area contributed by atoms with Crippen molar-refractivity contribution in [3.8, 4) is 0 Å². The van der Waals surface area contributed by atoms with Gasteiger partial charge in [0.2, 0.25) is 5.91 Å². The van der Waals surface area contributed by atoms with Gasteiger partial charge in [-0.15, -0.1) is 0 Å². The molecule has 1 saturated heterocycles. The van der Waals surface area contributed by atoms with Gasteiger partial charge in [0, 0.05) is 25.6 Å². The van der Waals surface area contributed by atoms with Crippen molar-refractivity contribution in [1.29, 1.82) is 0 Å². The summed E-state index contributed by atoms with van der Waals surface area (Å²) in [6.45, 7) is 8.86. The zero-order valence-corrected chi connectivity index (χ0v) is 14.7. The van der Waals surface area contributed by atoms with E-state index in [-0.39, 0.29) is 28.4 Å². The summed E-state index contributed by atoms with van der Waals surface area (Å²) in [4.78, 5) is 25.7. The Balaban J connectivity index is 2.19. The van der Waals surface area contributed by atoms with Crippen LogP contribution in [0.25, 0.3) is 0 Å². The molecule has 1 aliphatic rings. The predicted octanol–water partition coefficient (Wildman–Crippen LogP) is 3.90. The van der Waals surface area contributed by atoms with Gasteiger partial charge in [-0.2, -0.15) is 0 Å². The third-order valence-corrected chi connectivity index (χ3v) is 5.05. The Morgan fingerprint density at radius 3 is 2.50 bits per heavy atom. The molecule has 0 aliphatic carbocycles. The molecule has 0 aromatic heterocycles. The third-order valence-electron chi connectivity index (χ3n) is 4.01. The summed E-state index contributed by atoms with van der Waals surface area (Å²) in [6, 6.07) is 10.3. The Kier molecular flexibility index (Phi) is 5.32. The number of carbonyl (C=O) groups is 2. The molecule has 2 rings (SSSR count). The summed E-state index contributed by atoms with van der Waals surface area (Å²) in [5.74, 6) is 1.22. The van der Waals surface area contributed by atoms with Crippen molar-refractivity contribution in [1.82, 2.24) is 4.90 Å². The fraction of sp³-hybridized carbons (Fsp3) is 0.556. The molecule has 1 aliphatic heterocycles. The Morgan fingerprint density at radius 1 is 1.32 bits per heavy atom. The number of hydrogen-bond donors (Lipinski definition) is 0. The van der Waals surface area contributed by atoms with Crippen LogP contribution < -0.4 is 0 Å². The zero-order chi connectivity index (χ0) is 16.3. The molecule has 1 aromatic rings. The standard InChI is InChI=1S/C18H25NO2S/c1-13(20)22-12-14-10-16(21)19(11-14)17(18(2,3)4)15-8-6-5-7-9-15/h5-9,14,17H,10-12H2,1-4H3. The minimum Gasteiger partial charge on any atom is -0.335 e. The van der Waals surface area contributed by atoms with E-state index in [4.69, 9.17) is 0 Å². The first kappa shape index (κ1) is 17.1. The second kappa shape index (κ2) is 6.86. The van der Waals surface area contributed by atoms with Gasteiger partial charge < -0.3 is 4.90 Å². The maximum absolute atomic E-state index is 12.5. The van der Waals surface area contributed by atoms with Crippen molar-refractivity contribution < 1.29 is 9.59 Å². The molecule has 1 heterocycles. The van der Waals surface area contributed by atoms with Crippen LogP contribution in [0.1, 0.15) is 45.7 Å². The Hall–Kier alpha value is -1.29. The molecule has 1 amide bonds. The van der Waals surface area contributed by atoms with Crippen LogP contribution in [0.15, 0.2) is 30.3 Å². The topological polar surface area (TPSA) is 37.4 Å². The van der Waals surface area contributed by atoms with Crippen LogP contribution in [0.4, 0.5) is 0 Å². The second-order valence-electron chi connectivity index (χ2n) is 7.10. The summed E-state index contributed by atoms with van der Waals surface area (Å²) in [5, 5.41) is 0.126. The third kappa shape index (κ3) is 4.13. The van der Waals surface area contributed by atoms with E-state index in [2.05, 4.69) is 32.9 Å². The molecule has 120 valence electrons. The predicted molar refractivity (Wildman–Crippen MR) is 91.6 cm³/mol. The maximum atomic E-state index is 12.5. The summed E-state index contributed by atoms with van der Waals surface area (Å²) in [7, 11) is 0. The molecule has 0 bridgehead atoms. The summed E-state index contributed by atoms with van der Waals surface area (Å²) in [6.07, 6.45) is 0.555. The Bertz CT molecular complexity index is 536. The van der Waals surface area contributed by atoms with Gasteiger partial charge in [0.1, 0.15) is 0 Å². The largest absolute Gasteiger partial charge is 0.335 e. The zero-order valence-electron chi connectivity index (χ0n) is 13.8. The maximum Gasteiger partial charge on any atom is 0.223 e. The van der Waals surface area contributed by atoms with E-state index in [1.165, 1.54) is 17.3 Å². The lowest BCUT2D eigenvalue weighted by Gasteiger charge is -2.38. The highest BCUT2D eigenvalue weighted by atomic mass is 32.2. The van der Waals surface area contributed by atoms with Crippen molar-refractivity contribution in [3.63, 3.8) is 0 Å². The van der Waals surface area contributed by atoms with E-state index >= 15 is 0 Å². The lowest BCUT2D eigenvalue weighted by atomic mass is 9.81. The second-order valence-corrected chi connectivity index (χ2v) is 8.30. The van der Waals surface area contributed by atoms with Gasteiger partial charge in [-0.3, -0.25) is 9.59 Å². The fourth-order valence-corrected chi connectivity index (χ4v) is 3.88. The molecule has 1 aromatic carbocycles. The average molecular weight is 319 g/mol. The van der Waals surface area contributed by atoms with Gasteiger partial charge in [-0.1, -0.05) is 62.9 Å². The van der Waals surface area contributed by atoms with Crippen LogP contribution in [0.5, 0.6) is 0 Å². The minimum atomic E-state index is -0.0282. The van der Waals surface area contributed by atoms with Crippen LogP contribution in [0.2, 0.25) is 0 Å². The quantitative estimate of drug-likeness (QED) is 0.844. The van der Waals surface area contributed by atoms with Crippen LogP contribution in [-0.4, -0.2) is 28.2 Å². The monoisotopic (exact) mass is 319 g/mol. The molecule has 22 heavy (non-hydrogen) atoms. The lowest BCUT2D eigenvalue weighted by molar-refractivity contribution is -0.132. The summed E-state index contributed by atoms with van der Waals surface area (Å²) in [5.41, 5.74) is 1.16. The van der Waals surface area contributed by atoms with Crippen LogP contribution in [0, 0.1) is 11.3 Å². The molecule has 0 radical (unpaired) electrons. The number of rotatable bonds is 4. The van der Waals surface area contributed by atoms with Crippen molar-refractivity contribution in [2.75, 3.05) is 12.3 Å². The highest BCUT2D eigenvalue weighted by molar-refractivity contribution is 8.13. The van der Waals surface area contributed by atoms with Gasteiger partial charge in [0.05, 0.1) is 6.04 Å². The number of benzene rings is 1. The van der Waals surface area contributed by atoms with Crippen molar-refractivity contribution in [2.24, 2.45) is 11.3 Å². The summed E-state index contributed by atoms with van der Waals surface area (Å²) >= 11 is 1.33. The van der Waals surface area contributed by atoms with Gasteiger partial charge in [0.25, 0.3) is 0 Å². The molecular weight excluding hydrogens is 294 g/mol. The van der Waals surface area contributed by atoms with Crippen molar-refractivity contribution in [2.45, 2.75) is 40.2 Å². The number of carbonyl (C=O) groups excluding carboxylic acids is 2. The number of hydrogen-bond acceptors (Lipinski definition) is 3.